The molecular formula is C14H11Cl2N3O. The Morgan fingerprint density at radius 1 is 1.15 bits per heavy atom. The highest BCUT2D eigenvalue weighted by atomic mass is 35.5. The number of methoxy groups -OCH3 is 1. The molecule has 1 heterocycles. The Hall–Kier alpha value is -1.91. The summed E-state index contributed by atoms with van der Waals surface area (Å²) >= 11 is 12.4. The van der Waals surface area contributed by atoms with Crippen molar-refractivity contribution in [1.29, 1.82) is 0 Å². The average Bonchev–Trinajstić information content (AvgIpc) is 2.82. The van der Waals surface area contributed by atoms with Crippen LogP contribution in [0.3, 0.4) is 0 Å². The number of hydrogen-bond donors (Lipinski definition) is 2. The standard InChI is InChI=1S/C14H11Cl2N3O/c1-20-8-5-11(16)13-12(6-8)18-14(19-13)9-3-2-7(17)4-10(9)15/h2-6H,17H2,1H3,(H,18,19). The van der Waals surface area contributed by atoms with E-state index in [-0.39, 0.29) is 0 Å². The second kappa shape index (κ2) is 4.89. The molecule has 0 spiro atoms. The number of imidazole rings is 1. The molecule has 102 valence electrons. The molecule has 3 aromatic rings. The van der Waals surface area contributed by atoms with Crippen molar-refractivity contribution in [2.24, 2.45) is 0 Å². The summed E-state index contributed by atoms with van der Waals surface area (Å²) in [6.07, 6.45) is 0. The third kappa shape index (κ3) is 2.17. The highest BCUT2D eigenvalue weighted by Gasteiger charge is 2.12. The van der Waals surface area contributed by atoms with Gasteiger partial charge >= 0.3 is 0 Å². The van der Waals surface area contributed by atoms with E-state index in [4.69, 9.17) is 33.7 Å². The zero-order chi connectivity index (χ0) is 14.3. The quantitative estimate of drug-likeness (QED) is 0.700. The van der Waals surface area contributed by atoms with E-state index >= 15 is 0 Å². The first kappa shape index (κ1) is 13.1. The molecule has 0 fully saturated rings. The fourth-order valence-electron chi connectivity index (χ4n) is 2.02. The molecule has 0 aliphatic heterocycles. The third-order valence-corrected chi connectivity index (χ3v) is 3.60. The number of nitrogens with one attached hydrogen (secondary N) is 1. The van der Waals surface area contributed by atoms with Gasteiger partial charge in [0.25, 0.3) is 0 Å². The van der Waals surface area contributed by atoms with E-state index in [2.05, 4.69) is 9.97 Å². The number of benzene rings is 2. The van der Waals surface area contributed by atoms with Gasteiger partial charge in [-0.2, -0.15) is 0 Å². The number of H-pyrrole nitrogens is 1. The van der Waals surface area contributed by atoms with E-state index in [9.17, 15) is 0 Å². The maximum atomic E-state index is 6.19. The van der Waals surface area contributed by atoms with Crippen LogP contribution >= 0.6 is 23.2 Å². The number of rotatable bonds is 2. The number of ether oxygens (including phenoxy) is 1. The van der Waals surface area contributed by atoms with Crippen LogP contribution < -0.4 is 10.5 Å². The molecule has 0 saturated carbocycles. The van der Waals surface area contributed by atoms with Crippen molar-refractivity contribution in [3.05, 3.63) is 40.4 Å². The molecule has 20 heavy (non-hydrogen) atoms. The Labute approximate surface area is 125 Å². The lowest BCUT2D eigenvalue weighted by molar-refractivity contribution is 0.415. The van der Waals surface area contributed by atoms with Gasteiger partial charge in [-0.15, -0.1) is 0 Å². The van der Waals surface area contributed by atoms with Crippen LogP contribution in [0, 0.1) is 0 Å². The SMILES string of the molecule is COc1cc(Cl)c2nc(-c3ccc(N)cc3Cl)[nH]c2c1. The van der Waals surface area contributed by atoms with Crippen LogP contribution in [0.2, 0.25) is 10.0 Å². The molecule has 0 aliphatic rings. The molecule has 3 rings (SSSR count). The van der Waals surface area contributed by atoms with Gasteiger partial charge in [0.2, 0.25) is 0 Å². The predicted molar refractivity (Wildman–Crippen MR) is 82.5 cm³/mol. The summed E-state index contributed by atoms with van der Waals surface area (Å²) in [5, 5.41) is 1.06. The molecule has 6 heteroatoms. The number of fused-ring (bicyclic) bond motifs is 1. The molecule has 0 amide bonds. The van der Waals surface area contributed by atoms with Crippen LogP contribution in [0.15, 0.2) is 30.3 Å². The zero-order valence-electron chi connectivity index (χ0n) is 10.6. The minimum atomic E-state index is 0.522. The normalized spacial score (nSPS) is 10.9. The van der Waals surface area contributed by atoms with Gasteiger partial charge in [0.05, 0.1) is 22.7 Å². The maximum Gasteiger partial charge on any atom is 0.140 e. The first-order valence-corrected chi connectivity index (χ1v) is 6.62. The van der Waals surface area contributed by atoms with Gasteiger partial charge in [0.15, 0.2) is 0 Å². The number of nitrogen functional groups attached to an aromatic ring is 1. The van der Waals surface area contributed by atoms with Crippen LogP contribution in [0.25, 0.3) is 22.4 Å². The Balaban J connectivity index is 2.20. The van der Waals surface area contributed by atoms with E-state index in [0.717, 1.165) is 11.1 Å². The molecule has 0 atom stereocenters. The highest BCUT2D eigenvalue weighted by Crippen LogP contribution is 2.33. The van der Waals surface area contributed by atoms with Crippen molar-refractivity contribution >= 4 is 39.9 Å². The van der Waals surface area contributed by atoms with Gasteiger partial charge < -0.3 is 15.5 Å². The van der Waals surface area contributed by atoms with Crippen LogP contribution in [0.5, 0.6) is 5.75 Å². The third-order valence-electron chi connectivity index (χ3n) is 3.00. The Bertz CT molecular complexity index is 798. The predicted octanol–water partition coefficient (Wildman–Crippen LogP) is 4.13. The summed E-state index contributed by atoms with van der Waals surface area (Å²) in [5.41, 5.74) is 8.53. The number of aromatic nitrogens is 2. The molecule has 0 bridgehead atoms. The Kier molecular flexibility index (Phi) is 3.20. The summed E-state index contributed by atoms with van der Waals surface area (Å²) < 4.78 is 5.18. The van der Waals surface area contributed by atoms with Crippen molar-refractivity contribution < 1.29 is 4.74 Å². The van der Waals surface area contributed by atoms with Gasteiger partial charge in [0.1, 0.15) is 17.1 Å². The molecule has 2 aromatic carbocycles. The van der Waals surface area contributed by atoms with E-state index in [1.165, 1.54) is 0 Å². The van der Waals surface area contributed by atoms with Gasteiger partial charge in [-0.3, -0.25) is 0 Å². The van der Waals surface area contributed by atoms with Crippen LogP contribution in [0.1, 0.15) is 0 Å². The topological polar surface area (TPSA) is 63.9 Å². The molecule has 3 N–H and O–H groups in total. The van der Waals surface area contributed by atoms with Gasteiger partial charge in [0, 0.05) is 23.4 Å². The average molecular weight is 308 g/mol. The van der Waals surface area contributed by atoms with E-state index in [1.807, 2.05) is 12.1 Å². The first-order valence-electron chi connectivity index (χ1n) is 5.87. The Morgan fingerprint density at radius 2 is 1.95 bits per heavy atom. The van der Waals surface area contributed by atoms with Crippen molar-refractivity contribution in [2.75, 3.05) is 12.8 Å². The lowest BCUT2D eigenvalue weighted by atomic mass is 10.2. The van der Waals surface area contributed by atoms with Crippen molar-refractivity contribution in [1.82, 2.24) is 9.97 Å². The molecule has 4 nitrogen and oxygen atoms in total. The second-order valence-electron chi connectivity index (χ2n) is 4.33. The van der Waals surface area contributed by atoms with Crippen LogP contribution in [-0.2, 0) is 0 Å². The molecule has 0 unspecified atom stereocenters. The van der Waals surface area contributed by atoms with Crippen LogP contribution in [-0.4, -0.2) is 17.1 Å². The number of aromatic amines is 1. The molecular weight excluding hydrogens is 297 g/mol. The van der Waals surface area contributed by atoms with Gasteiger partial charge in [-0.05, 0) is 18.2 Å². The number of nitrogens with two attached hydrogens (primary N) is 1. The van der Waals surface area contributed by atoms with E-state index in [0.29, 0.717) is 32.8 Å². The maximum absolute atomic E-state index is 6.19. The number of hydrogen-bond acceptors (Lipinski definition) is 3. The number of halogens is 2. The van der Waals surface area contributed by atoms with Crippen molar-refractivity contribution in [2.45, 2.75) is 0 Å². The highest BCUT2D eigenvalue weighted by molar-refractivity contribution is 6.35. The van der Waals surface area contributed by atoms with Crippen molar-refractivity contribution in [3.8, 4) is 17.1 Å². The minimum Gasteiger partial charge on any atom is -0.497 e. The fourth-order valence-corrected chi connectivity index (χ4v) is 2.55. The summed E-state index contributed by atoms with van der Waals surface area (Å²) in [6, 6.07) is 8.84. The largest absolute Gasteiger partial charge is 0.497 e. The summed E-state index contributed by atoms with van der Waals surface area (Å²) in [7, 11) is 1.59. The molecule has 1 aromatic heterocycles. The lowest BCUT2D eigenvalue weighted by Gasteiger charge is -2.01. The summed E-state index contributed by atoms with van der Waals surface area (Å²) in [6.45, 7) is 0. The van der Waals surface area contributed by atoms with Gasteiger partial charge in [-0.1, -0.05) is 23.2 Å². The van der Waals surface area contributed by atoms with Gasteiger partial charge in [-0.25, -0.2) is 4.98 Å². The monoisotopic (exact) mass is 307 g/mol. The minimum absolute atomic E-state index is 0.522. The van der Waals surface area contributed by atoms with Crippen molar-refractivity contribution in [3.63, 3.8) is 0 Å². The second-order valence-corrected chi connectivity index (χ2v) is 5.14. The number of nitrogens with zero attached hydrogens (tertiary/aromatic N) is 1. The number of anilines is 1. The molecule has 0 saturated heterocycles. The zero-order valence-corrected chi connectivity index (χ0v) is 12.1. The van der Waals surface area contributed by atoms with E-state index in [1.54, 1.807) is 25.3 Å². The Morgan fingerprint density at radius 3 is 2.65 bits per heavy atom. The van der Waals surface area contributed by atoms with E-state index < -0.39 is 0 Å². The molecule has 0 aliphatic carbocycles. The summed E-state index contributed by atoms with van der Waals surface area (Å²) in [5.74, 6) is 1.31. The summed E-state index contributed by atoms with van der Waals surface area (Å²) in [4.78, 5) is 7.67. The van der Waals surface area contributed by atoms with Crippen LogP contribution in [0.4, 0.5) is 5.69 Å². The molecule has 0 radical (unpaired) electrons. The smallest absolute Gasteiger partial charge is 0.140 e. The fraction of sp³-hybridized carbons (Fsp3) is 0.0714. The first-order chi connectivity index (χ1) is 9.58. The lowest BCUT2D eigenvalue weighted by Crippen LogP contribution is -1.87.